The fraction of sp³-hybridized carbons (Fsp3) is 0.632. The minimum absolute atomic E-state index is 0.247. The minimum Gasteiger partial charge on any atom is -0.494 e. The molecule has 1 amide bonds. The molecular weight excluding hydrogens is 304 g/mol. The summed E-state index contributed by atoms with van der Waals surface area (Å²) >= 11 is 0. The quantitative estimate of drug-likeness (QED) is 0.846. The number of rotatable bonds is 4. The van der Waals surface area contributed by atoms with Crippen molar-refractivity contribution < 1.29 is 14.3 Å². The van der Waals surface area contributed by atoms with Crippen LogP contribution in [0.5, 0.6) is 5.75 Å². The molecule has 24 heavy (non-hydrogen) atoms. The van der Waals surface area contributed by atoms with Crippen molar-refractivity contribution in [1.29, 1.82) is 0 Å². The molecule has 5 heteroatoms. The van der Waals surface area contributed by atoms with Crippen LogP contribution in [0.2, 0.25) is 0 Å². The highest BCUT2D eigenvalue weighted by atomic mass is 16.6. The van der Waals surface area contributed by atoms with Crippen LogP contribution >= 0.6 is 0 Å². The molecule has 0 fully saturated rings. The fourth-order valence-corrected chi connectivity index (χ4v) is 2.87. The summed E-state index contributed by atoms with van der Waals surface area (Å²) in [6.07, 6.45) is 0.602. The summed E-state index contributed by atoms with van der Waals surface area (Å²) in [5.41, 5.74) is 3.18. The second-order valence-corrected chi connectivity index (χ2v) is 7.55. The maximum absolute atomic E-state index is 12.3. The van der Waals surface area contributed by atoms with E-state index in [9.17, 15) is 4.79 Å². The number of nitrogens with zero attached hydrogens (tertiary/aromatic N) is 2. The zero-order chi connectivity index (χ0) is 17.9. The van der Waals surface area contributed by atoms with Crippen molar-refractivity contribution in [2.45, 2.75) is 52.8 Å². The van der Waals surface area contributed by atoms with Gasteiger partial charge in [0.2, 0.25) is 0 Å². The van der Waals surface area contributed by atoms with Gasteiger partial charge in [-0.05, 0) is 65.4 Å². The maximum Gasteiger partial charge on any atom is 0.410 e. The van der Waals surface area contributed by atoms with Gasteiger partial charge < -0.3 is 19.3 Å². The lowest BCUT2D eigenvalue weighted by Gasteiger charge is -2.32. The topological polar surface area (TPSA) is 42.0 Å². The smallest absolute Gasteiger partial charge is 0.410 e. The van der Waals surface area contributed by atoms with Crippen LogP contribution in [0.1, 0.15) is 44.4 Å². The van der Waals surface area contributed by atoms with Gasteiger partial charge in [-0.2, -0.15) is 0 Å². The molecule has 5 nitrogen and oxygen atoms in total. The van der Waals surface area contributed by atoms with E-state index in [1.807, 2.05) is 27.7 Å². The molecule has 1 aromatic carbocycles. The van der Waals surface area contributed by atoms with Crippen LogP contribution in [-0.4, -0.2) is 48.7 Å². The number of benzene rings is 1. The molecule has 1 aromatic rings. The Bertz CT molecular complexity index is 591. The molecule has 0 unspecified atom stereocenters. The van der Waals surface area contributed by atoms with E-state index in [1.165, 1.54) is 11.1 Å². The summed E-state index contributed by atoms with van der Waals surface area (Å²) in [6, 6.07) is 4.32. The SMILES string of the molecule is CCOc1cc2c(cc1CN(C)C)CCN(C(=O)OC(C)(C)C)C2. The molecule has 134 valence electrons. The molecule has 0 saturated heterocycles. The third-order valence-electron chi connectivity index (χ3n) is 3.83. The number of hydrogen-bond acceptors (Lipinski definition) is 4. The summed E-state index contributed by atoms with van der Waals surface area (Å²) < 4.78 is 11.3. The zero-order valence-corrected chi connectivity index (χ0v) is 15.8. The van der Waals surface area contributed by atoms with E-state index in [-0.39, 0.29) is 6.09 Å². The molecule has 0 aliphatic carbocycles. The highest BCUT2D eigenvalue weighted by Gasteiger charge is 2.26. The number of ether oxygens (including phenoxy) is 2. The molecule has 0 N–H and O–H groups in total. The molecule has 0 bridgehead atoms. The van der Waals surface area contributed by atoms with Gasteiger partial charge in [0.15, 0.2) is 0 Å². The van der Waals surface area contributed by atoms with Gasteiger partial charge >= 0.3 is 6.09 Å². The molecule has 0 saturated carbocycles. The second-order valence-electron chi connectivity index (χ2n) is 7.55. The molecule has 1 heterocycles. The standard InChI is InChI=1S/C19H30N2O3/c1-7-23-17-11-15-13-21(18(22)24-19(2,3)4)9-8-14(15)10-16(17)12-20(5)6/h10-11H,7-9,12-13H2,1-6H3. The molecule has 1 aliphatic rings. The van der Waals surface area contributed by atoms with Gasteiger partial charge in [-0.1, -0.05) is 6.07 Å². The monoisotopic (exact) mass is 334 g/mol. The van der Waals surface area contributed by atoms with Gasteiger partial charge in [0.1, 0.15) is 11.4 Å². The molecule has 1 aliphatic heterocycles. The first-order chi connectivity index (χ1) is 11.2. The largest absolute Gasteiger partial charge is 0.494 e. The van der Waals surface area contributed by atoms with E-state index in [4.69, 9.17) is 9.47 Å². The number of hydrogen-bond donors (Lipinski definition) is 0. The molecule has 0 spiro atoms. The number of fused-ring (bicyclic) bond motifs is 1. The summed E-state index contributed by atoms with van der Waals surface area (Å²) in [5, 5.41) is 0. The minimum atomic E-state index is -0.469. The fourth-order valence-electron chi connectivity index (χ4n) is 2.87. The lowest BCUT2D eigenvalue weighted by Crippen LogP contribution is -2.40. The van der Waals surface area contributed by atoms with Crippen molar-refractivity contribution in [1.82, 2.24) is 9.80 Å². The first-order valence-electron chi connectivity index (χ1n) is 8.59. The lowest BCUT2D eigenvalue weighted by molar-refractivity contribution is 0.0223. The van der Waals surface area contributed by atoms with Crippen LogP contribution in [0.15, 0.2) is 12.1 Å². The third kappa shape index (κ3) is 4.87. The first kappa shape index (κ1) is 18.6. The van der Waals surface area contributed by atoms with Gasteiger partial charge in [-0.3, -0.25) is 0 Å². The summed E-state index contributed by atoms with van der Waals surface area (Å²) in [4.78, 5) is 16.2. The summed E-state index contributed by atoms with van der Waals surface area (Å²) in [7, 11) is 4.11. The Morgan fingerprint density at radius 2 is 1.96 bits per heavy atom. The molecule has 0 atom stereocenters. The predicted octanol–water partition coefficient (Wildman–Crippen LogP) is 3.44. The van der Waals surface area contributed by atoms with Crippen LogP contribution in [0.3, 0.4) is 0 Å². The van der Waals surface area contributed by atoms with Crippen LogP contribution in [0.4, 0.5) is 4.79 Å². The Hall–Kier alpha value is -1.75. The van der Waals surface area contributed by atoms with Gasteiger partial charge in [0.05, 0.1) is 6.61 Å². The Kier molecular flexibility index (Phi) is 5.75. The van der Waals surface area contributed by atoms with E-state index in [2.05, 4.69) is 31.1 Å². The Labute approximate surface area is 145 Å². The van der Waals surface area contributed by atoms with E-state index in [1.54, 1.807) is 4.90 Å². The molecule has 0 aromatic heterocycles. The second kappa shape index (κ2) is 7.43. The van der Waals surface area contributed by atoms with Gasteiger partial charge in [0, 0.05) is 25.2 Å². The summed E-state index contributed by atoms with van der Waals surface area (Å²) in [5.74, 6) is 0.913. The first-order valence-corrected chi connectivity index (χ1v) is 8.59. The molecular formula is C19H30N2O3. The number of amides is 1. The third-order valence-corrected chi connectivity index (χ3v) is 3.83. The van der Waals surface area contributed by atoms with Gasteiger partial charge in [0.25, 0.3) is 0 Å². The average Bonchev–Trinajstić information content (AvgIpc) is 2.45. The Balaban J connectivity index is 2.21. The van der Waals surface area contributed by atoms with E-state index in [0.717, 1.165) is 24.3 Å². The van der Waals surface area contributed by atoms with Crippen molar-refractivity contribution in [3.8, 4) is 5.75 Å². The van der Waals surface area contributed by atoms with Crippen molar-refractivity contribution in [2.75, 3.05) is 27.2 Å². The zero-order valence-electron chi connectivity index (χ0n) is 15.8. The Morgan fingerprint density at radius 3 is 2.54 bits per heavy atom. The van der Waals surface area contributed by atoms with E-state index >= 15 is 0 Å². The normalized spacial score (nSPS) is 14.5. The van der Waals surface area contributed by atoms with Gasteiger partial charge in [-0.15, -0.1) is 0 Å². The highest BCUT2D eigenvalue weighted by Crippen LogP contribution is 2.29. The van der Waals surface area contributed by atoms with Crippen molar-refractivity contribution in [2.24, 2.45) is 0 Å². The van der Waals surface area contributed by atoms with E-state index in [0.29, 0.717) is 19.7 Å². The van der Waals surface area contributed by atoms with Crippen LogP contribution in [-0.2, 0) is 24.2 Å². The predicted molar refractivity (Wildman–Crippen MR) is 95.4 cm³/mol. The highest BCUT2D eigenvalue weighted by molar-refractivity contribution is 5.68. The lowest BCUT2D eigenvalue weighted by atomic mass is 9.96. The van der Waals surface area contributed by atoms with Crippen molar-refractivity contribution in [3.05, 3.63) is 28.8 Å². The van der Waals surface area contributed by atoms with E-state index < -0.39 is 5.60 Å². The van der Waals surface area contributed by atoms with Crippen LogP contribution in [0.25, 0.3) is 0 Å². The summed E-state index contributed by atoms with van der Waals surface area (Å²) in [6.45, 7) is 10.4. The molecule has 2 rings (SSSR count). The Morgan fingerprint density at radius 1 is 1.25 bits per heavy atom. The molecule has 0 radical (unpaired) electrons. The maximum atomic E-state index is 12.3. The van der Waals surface area contributed by atoms with Crippen LogP contribution < -0.4 is 4.74 Å². The average molecular weight is 334 g/mol. The van der Waals surface area contributed by atoms with Crippen LogP contribution in [0, 0.1) is 0 Å². The number of carbonyl (C=O) groups is 1. The van der Waals surface area contributed by atoms with Gasteiger partial charge in [-0.25, -0.2) is 4.79 Å². The van der Waals surface area contributed by atoms with Crippen molar-refractivity contribution >= 4 is 6.09 Å². The number of carbonyl (C=O) groups excluding carboxylic acids is 1. The van der Waals surface area contributed by atoms with Crippen molar-refractivity contribution in [3.63, 3.8) is 0 Å².